The van der Waals surface area contributed by atoms with E-state index in [1.165, 1.54) is 0 Å². The molecule has 0 aliphatic heterocycles. The molecule has 1 aliphatic carbocycles. The van der Waals surface area contributed by atoms with Gasteiger partial charge in [0.25, 0.3) is 5.92 Å². The van der Waals surface area contributed by atoms with E-state index in [4.69, 9.17) is 14.2 Å². The molecule has 31 heavy (non-hydrogen) atoms. The molecule has 168 valence electrons. The topological polar surface area (TPSA) is 56.8 Å². The van der Waals surface area contributed by atoms with Gasteiger partial charge < -0.3 is 19.5 Å². The van der Waals surface area contributed by atoms with Gasteiger partial charge in [-0.2, -0.15) is 0 Å². The lowest BCUT2D eigenvalue weighted by Gasteiger charge is -2.21. The van der Waals surface area contributed by atoms with Crippen molar-refractivity contribution in [2.45, 2.75) is 51.6 Å². The highest BCUT2D eigenvalue weighted by atomic mass is 19.3. The zero-order chi connectivity index (χ0) is 22.5. The van der Waals surface area contributed by atoms with Gasteiger partial charge in [0.05, 0.1) is 26.4 Å². The highest BCUT2D eigenvalue weighted by Crippen LogP contribution is 2.61. The number of hydrogen-bond donors (Lipinski definition) is 1. The number of carbonyl (C=O) groups is 1. The molecule has 0 heterocycles. The summed E-state index contributed by atoms with van der Waals surface area (Å²) in [4.78, 5) is 12.1. The van der Waals surface area contributed by atoms with Gasteiger partial charge in [-0.1, -0.05) is 60.7 Å². The quantitative estimate of drug-likeness (QED) is 0.608. The van der Waals surface area contributed by atoms with Crippen LogP contribution < -0.4 is 5.32 Å². The van der Waals surface area contributed by atoms with Crippen molar-refractivity contribution < 1.29 is 27.8 Å². The molecular formula is C24H29F2NO4. The van der Waals surface area contributed by atoms with Crippen molar-refractivity contribution in [3.05, 3.63) is 71.8 Å². The summed E-state index contributed by atoms with van der Waals surface area (Å²) in [5.41, 5.74) is -0.690. The van der Waals surface area contributed by atoms with Crippen LogP contribution in [0.5, 0.6) is 0 Å². The summed E-state index contributed by atoms with van der Waals surface area (Å²) in [5, 5.41) is 2.32. The first-order chi connectivity index (χ1) is 14.6. The normalized spacial score (nSPS) is 18.9. The second-order valence-electron chi connectivity index (χ2n) is 8.82. The monoisotopic (exact) mass is 433 g/mol. The number of alkyl halides is 2. The number of amides is 1. The van der Waals surface area contributed by atoms with Gasteiger partial charge in [0, 0.05) is 0 Å². The molecule has 1 aliphatic rings. The van der Waals surface area contributed by atoms with Crippen LogP contribution in [0.2, 0.25) is 0 Å². The molecule has 1 unspecified atom stereocenters. The van der Waals surface area contributed by atoms with Gasteiger partial charge >= 0.3 is 6.09 Å². The van der Waals surface area contributed by atoms with E-state index >= 15 is 0 Å². The SMILES string of the molecule is CC(C)(C)OC(=O)NC1C(F)(F)C1(COCc1ccccc1)COCc1ccccc1. The summed E-state index contributed by atoms with van der Waals surface area (Å²) in [6, 6.07) is 17.2. The molecule has 0 bridgehead atoms. The molecule has 1 amide bonds. The molecule has 2 aromatic carbocycles. The average molecular weight is 433 g/mol. The smallest absolute Gasteiger partial charge is 0.408 e. The van der Waals surface area contributed by atoms with Crippen molar-refractivity contribution >= 4 is 6.09 Å². The summed E-state index contributed by atoms with van der Waals surface area (Å²) in [5.74, 6) is -3.18. The predicted octanol–water partition coefficient (Wildman–Crippen LogP) is 4.95. The van der Waals surface area contributed by atoms with Crippen LogP contribution in [0.4, 0.5) is 13.6 Å². The first-order valence-corrected chi connectivity index (χ1v) is 10.2. The molecule has 0 saturated heterocycles. The lowest BCUT2D eigenvalue weighted by Crippen LogP contribution is -2.37. The van der Waals surface area contributed by atoms with Crippen LogP contribution in [-0.4, -0.2) is 36.9 Å². The van der Waals surface area contributed by atoms with Crippen molar-refractivity contribution in [2.24, 2.45) is 5.41 Å². The summed E-state index contributed by atoms with van der Waals surface area (Å²) >= 11 is 0. The molecule has 0 spiro atoms. The van der Waals surface area contributed by atoms with Gasteiger partial charge in [-0.3, -0.25) is 0 Å². The molecule has 1 fully saturated rings. The van der Waals surface area contributed by atoms with Crippen LogP contribution >= 0.6 is 0 Å². The molecule has 1 atom stereocenters. The maximum atomic E-state index is 14.9. The predicted molar refractivity (Wildman–Crippen MR) is 113 cm³/mol. The Bertz CT molecular complexity index is 807. The number of benzene rings is 2. The third kappa shape index (κ3) is 5.80. The number of rotatable bonds is 9. The van der Waals surface area contributed by atoms with E-state index in [-0.39, 0.29) is 26.4 Å². The number of hydrogen-bond acceptors (Lipinski definition) is 4. The molecule has 1 saturated carbocycles. The summed E-state index contributed by atoms with van der Waals surface area (Å²) in [6.07, 6.45) is -0.884. The van der Waals surface area contributed by atoms with Gasteiger partial charge in [0.2, 0.25) is 0 Å². The van der Waals surface area contributed by atoms with Crippen LogP contribution in [0.15, 0.2) is 60.7 Å². The summed E-state index contributed by atoms with van der Waals surface area (Å²) in [6.45, 7) is 4.89. The minimum Gasteiger partial charge on any atom is -0.444 e. The van der Waals surface area contributed by atoms with Crippen molar-refractivity contribution in [1.29, 1.82) is 0 Å². The maximum absolute atomic E-state index is 14.9. The second kappa shape index (κ2) is 9.32. The fraction of sp³-hybridized carbons (Fsp3) is 0.458. The second-order valence-corrected chi connectivity index (χ2v) is 8.82. The Hall–Kier alpha value is -2.51. The van der Waals surface area contributed by atoms with Gasteiger partial charge in [0.1, 0.15) is 17.1 Å². The van der Waals surface area contributed by atoms with Crippen molar-refractivity contribution in [3.63, 3.8) is 0 Å². The van der Waals surface area contributed by atoms with Crippen LogP contribution in [0.1, 0.15) is 31.9 Å². The largest absolute Gasteiger partial charge is 0.444 e. The Morgan fingerprint density at radius 2 is 1.35 bits per heavy atom. The van der Waals surface area contributed by atoms with E-state index in [9.17, 15) is 13.6 Å². The molecule has 0 radical (unpaired) electrons. The fourth-order valence-electron chi connectivity index (χ4n) is 3.41. The number of alkyl carbamates (subject to hydrolysis) is 1. The number of carbonyl (C=O) groups excluding carboxylic acids is 1. The number of nitrogens with one attached hydrogen (secondary N) is 1. The van der Waals surface area contributed by atoms with Gasteiger partial charge in [-0.05, 0) is 31.9 Å². The summed E-state index contributed by atoms with van der Waals surface area (Å²) in [7, 11) is 0. The lowest BCUT2D eigenvalue weighted by molar-refractivity contribution is -0.0430. The maximum Gasteiger partial charge on any atom is 0.408 e. The first kappa shape index (κ1) is 23.2. The summed E-state index contributed by atoms with van der Waals surface area (Å²) < 4.78 is 46.3. The van der Waals surface area contributed by atoms with Crippen LogP contribution in [0.3, 0.4) is 0 Å². The van der Waals surface area contributed by atoms with Crippen LogP contribution in [0.25, 0.3) is 0 Å². The van der Waals surface area contributed by atoms with Crippen molar-refractivity contribution in [2.75, 3.05) is 13.2 Å². The third-order valence-corrected chi connectivity index (χ3v) is 5.10. The highest BCUT2D eigenvalue weighted by Gasteiger charge is 2.82. The molecule has 3 rings (SSSR count). The third-order valence-electron chi connectivity index (χ3n) is 5.10. The minimum atomic E-state index is -3.18. The van der Waals surface area contributed by atoms with E-state index in [1.807, 2.05) is 60.7 Å². The Morgan fingerprint density at radius 3 is 1.77 bits per heavy atom. The lowest BCUT2D eigenvalue weighted by atomic mass is 10.1. The molecule has 2 aromatic rings. The van der Waals surface area contributed by atoms with Gasteiger partial charge in [-0.25, -0.2) is 13.6 Å². The Labute approximate surface area is 181 Å². The Morgan fingerprint density at radius 1 is 0.903 bits per heavy atom. The highest BCUT2D eigenvalue weighted by molar-refractivity contribution is 5.69. The van der Waals surface area contributed by atoms with E-state index in [0.29, 0.717) is 0 Å². The van der Waals surface area contributed by atoms with Gasteiger partial charge in [0.15, 0.2) is 0 Å². The standard InChI is InChI=1S/C24H29F2NO4/c1-22(2,3)31-21(28)27-20-23(24(20,25)26,16-29-14-18-10-6-4-7-11-18)17-30-15-19-12-8-5-9-13-19/h4-13,20H,14-17H2,1-3H3,(H,27,28). The number of ether oxygens (including phenoxy) is 3. The fourth-order valence-corrected chi connectivity index (χ4v) is 3.41. The molecule has 7 heteroatoms. The minimum absolute atomic E-state index is 0.191. The van der Waals surface area contributed by atoms with E-state index in [1.54, 1.807) is 20.8 Å². The average Bonchev–Trinajstić information content (AvgIpc) is 3.15. The zero-order valence-corrected chi connectivity index (χ0v) is 18.1. The van der Waals surface area contributed by atoms with Crippen molar-refractivity contribution in [3.8, 4) is 0 Å². The van der Waals surface area contributed by atoms with Crippen molar-refractivity contribution in [1.82, 2.24) is 5.32 Å². The van der Waals surface area contributed by atoms with E-state index in [2.05, 4.69) is 5.32 Å². The Kier molecular flexibility index (Phi) is 6.96. The molecular weight excluding hydrogens is 404 g/mol. The van der Waals surface area contributed by atoms with E-state index < -0.39 is 29.1 Å². The first-order valence-electron chi connectivity index (χ1n) is 10.2. The van der Waals surface area contributed by atoms with E-state index in [0.717, 1.165) is 11.1 Å². The Balaban J connectivity index is 1.66. The number of halogens is 2. The molecule has 5 nitrogen and oxygen atoms in total. The van der Waals surface area contributed by atoms with Gasteiger partial charge in [-0.15, -0.1) is 0 Å². The molecule has 0 aromatic heterocycles. The van der Waals surface area contributed by atoms with Crippen LogP contribution in [0, 0.1) is 5.41 Å². The zero-order valence-electron chi connectivity index (χ0n) is 18.1. The van der Waals surface area contributed by atoms with Crippen LogP contribution in [-0.2, 0) is 27.4 Å². The molecule has 1 N–H and O–H groups in total.